The van der Waals surface area contributed by atoms with Crippen LogP contribution in [0.1, 0.15) is 20.3 Å². The van der Waals surface area contributed by atoms with E-state index >= 15 is 0 Å². The average Bonchev–Trinajstić information content (AvgIpc) is 2.62. The first-order chi connectivity index (χ1) is 12.1. The van der Waals surface area contributed by atoms with Gasteiger partial charge >= 0.3 is 0 Å². The number of anilines is 3. The van der Waals surface area contributed by atoms with Crippen LogP contribution in [0.3, 0.4) is 0 Å². The molecule has 0 aliphatic rings. The summed E-state index contributed by atoms with van der Waals surface area (Å²) >= 11 is 6.10. The topological polar surface area (TPSA) is 75.6 Å². The molecule has 0 aliphatic heterocycles. The van der Waals surface area contributed by atoms with Crippen molar-refractivity contribution < 1.29 is 0 Å². The Morgan fingerprint density at radius 3 is 2.52 bits per heavy atom. The molecule has 0 saturated carbocycles. The minimum absolute atomic E-state index is 0.253. The zero-order chi connectivity index (χ0) is 17.6. The van der Waals surface area contributed by atoms with Gasteiger partial charge in [0.2, 0.25) is 11.9 Å². The quantitative estimate of drug-likeness (QED) is 0.676. The molecule has 0 spiro atoms. The smallest absolute Gasteiger partial charge is 0.232 e. The number of rotatable bonds is 6. The van der Waals surface area contributed by atoms with E-state index in [9.17, 15) is 0 Å². The van der Waals surface area contributed by atoms with Gasteiger partial charge in [0.15, 0.2) is 5.82 Å². The zero-order valence-electron chi connectivity index (χ0n) is 14.1. The molecular weight excluding hydrogens is 336 g/mol. The molecule has 2 heterocycles. The Kier molecular flexibility index (Phi) is 5.40. The zero-order valence-corrected chi connectivity index (χ0v) is 14.8. The van der Waals surface area contributed by atoms with Crippen molar-refractivity contribution in [3.05, 3.63) is 53.8 Å². The lowest BCUT2D eigenvalue weighted by atomic mass is 10.2. The second kappa shape index (κ2) is 7.90. The maximum atomic E-state index is 6.10. The summed E-state index contributed by atoms with van der Waals surface area (Å²) < 4.78 is 0. The standard InChI is InChI=1S/C18H19ClN6/c1-3-12(2)21-17-23-16(13-5-4-6-14(19)11-13)24-18(25-17)22-15-7-9-20-10-8-15/h4-12H,3H2,1-2H3,(H2,20,21,22,23,24,25). The van der Waals surface area contributed by atoms with E-state index in [4.69, 9.17) is 11.6 Å². The Balaban J connectivity index is 1.98. The molecule has 0 radical (unpaired) electrons. The molecule has 0 aliphatic carbocycles. The summed E-state index contributed by atoms with van der Waals surface area (Å²) in [6.07, 6.45) is 4.38. The van der Waals surface area contributed by atoms with Gasteiger partial charge in [-0.05, 0) is 37.6 Å². The average molecular weight is 355 g/mol. The Morgan fingerprint density at radius 2 is 1.80 bits per heavy atom. The maximum absolute atomic E-state index is 6.10. The van der Waals surface area contributed by atoms with Gasteiger partial charge < -0.3 is 10.6 Å². The lowest BCUT2D eigenvalue weighted by Gasteiger charge is -2.14. The van der Waals surface area contributed by atoms with Crippen molar-refractivity contribution in [3.8, 4) is 11.4 Å². The van der Waals surface area contributed by atoms with E-state index in [2.05, 4.69) is 44.4 Å². The first kappa shape index (κ1) is 17.1. The third-order valence-electron chi connectivity index (χ3n) is 3.64. The van der Waals surface area contributed by atoms with Crippen molar-refractivity contribution in [1.29, 1.82) is 0 Å². The fourth-order valence-electron chi connectivity index (χ4n) is 2.14. The summed E-state index contributed by atoms with van der Waals surface area (Å²) in [6.45, 7) is 4.19. The molecule has 2 N–H and O–H groups in total. The normalized spacial score (nSPS) is 11.8. The number of benzene rings is 1. The Morgan fingerprint density at radius 1 is 1.04 bits per heavy atom. The van der Waals surface area contributed by atoms with Crippen LogP contribution in [0.2, 0.25) is 5.02 Å². The van der Waals surface area contributed by atoms with Crippen molar-refractivity contribution in [2.75, 3.05) is 10.6 Å². The highest BCUT2D eigenvalue weighted by Gasteiger charge is 2.11. The number of pyridine rings is 1. The Hall–Kier alpha value is -2.73. The molecule has 2 aromatic heterocycles. The number of aromatic nitrogens is 4. The van der Waals surface area contributed by atoms with Crippen LogP contribution in [-0.4, -0.2) is 26.0 Å². The van der Waals surface area contributed by atoms with E-state index in [1.807, 2.05) is 36.4 Å². The molecule has 1 atom stereocenters. The van der Waals surface area contributed by atoms with Gasteiger partial charge in [-0.25, -0.2) is 0 Å². The molecule has 6 nitrogen and oxygen atoms in total. The number of hydrogen-bond donors (Lipinski definition) is 2. The highest BCUT2D eigenvalue weighted by Crippen LogP contribution is 2.23. The van der Waals surface area contributed by atoms with Crippen LogP contribution < -0.4 is 10.6 Å². The van der Waals surface area contributed by atoms with Gasteiger partial charge in [-0.1, -0.05) is 30.7 Å². The summed E-state index contributed by atoms with van der Waals surface area (Å²) in [6, 6.07) is 11.4. The van der Waals surface area contributed by atoms with E-state index in [0.29, 0.717) is 22.7 Å². The third-order valence-corrected chi connectivity index (χ3v) is 3.88. The fourth-order valence-corrected chi connectivity index (χ4v) is 2.33. The molecule has 0 saturated heterocycles. The van der Waals surface area contributed by atoms with Crippen molar-refractivity contribution in [2.24, 2.45) is 0 Å². The maximum Gasteiger partial charge on any atom is 0.232 e. The summed E-state index contributed by atoms with van der Waals surface area (Å²) in [5.74, 6) is 1.54. The molecule has 1 unspecified atom stereocenters. The van der Waals surface area contributed by atoms with Gasteiger partial charge in [0.1, 0.15) is 0 Å². The van der Waals surface area contributed by atoms with Crippen LogP contribution in [0.5, 0.6) is 0 Å². The van der Waals surface area contributed by atoms with Gasteiger partial charge in [-0.2, -0.15) is 15.0 Å². The monoisotopic (exact) mass is 354 g/mol. The molecule has 1 aromatic carbocycles. The lowest BCUT2D eigenvalue weighted by Crippen LogP contribution is -2.17. The minimum Gasteiger partial charge on any atom is -0.352 e. The van der Waals surface area contributed by atoms with Crippen molar-refractivity contribution >= 4 is 29.2 Å². The molecule has 0 bridgehead atoms. The largest absolute Gasteiger partial charge is 0.352 e. The van der Waals surface area contributed by atoms with Gasteiger partial charge in [0, 0.05) is 34.7 Å². The Labute approximate surface area is 151 Å². The summed E-state index contributed by atoms with van der Waals surface area (Å²) in [5, 5.41) is 7.12. The molecule has 7 heteroatoms. The first-order valence-electron chi connectivity index (χ1n) is 8.09. The molecule has 25 heavy (non-hydrogen) atoms. The van der Waals surface area contributed by atoms with E-state index in [-0.39, 0.29) is 6.04 Å². The van der Waals surface area contributed by atoms with Crippen LogP contribution in [0.4, 0.5) is 17.6 Å². The van der Waals surface area contributed by atoms with Crippen molar-refractivity contribution in [3.63, 3.8) is 0 Å². The fraction of sp³-hybridized carbons (Fsp3) is 0.222. The van der Waals surface area contributed by atoms with Crippen molar-refractivity contribution in [2.45, 2.75) is 26.3 Å². The van der Waals surface area contributed by atoms with E-state index in [1.54, 1.807) is 12.4 Å². The highest BCUT2D eigenvalue weighted by atomic mass is 35.5. The van der Waals surface area contributed by atoms with Crippen LogP contribution in [0, 0.1) is 0 Å². The molecule has 3 aromatic rings. The lowest BCUT2D eigenvalue weighted by molar-refractivity contribution is 0.751. The van der Waals surface area contributed by atoms with Crippen LogP contribution in [0.15, 0.2) is 48.8 Å². The number of hydrogen-bond acceptors (Lipinski definition) is 6. The number of nitrogens with zero attached hydrogens (tertiary/aromatic N) is 4. The Bertz CT molecular complexity index is 840. The van der Waals surface area contributed by atoms with E-state index in [0.717, 1.165) is 17.7 Å². The molecule has 3 rings (SSSR count). The molecular formula is C18H19ClN6. The third kappa shape index (κ3) is 4.64. The molecule has 0 fully saturated rings. The van der Waals surface area contributed by atoms with Gasteiger partial charge in [-0.3, -0.25) is 4.98 Å². The summed E-state index contributed by atoms with van der Waals surface area (Å²) in [4.78, 5) is 17.5. The van der Waals surface area contributed by atoms with Gasteiger partial charge in [0.25, 0.3) is 0 Å². The van der Waals surface area contributed by atoms with E-state index < -0.39 is 0 Å². The SMILES string of the molecule is CCC(C)Nc1nc(Nc2ccncc2)nc(-c2cccc(Cl)c2)n1. The van der Waals surface area contributed by atoms with Crippen molar-refractivity contribution in [1.82, 2.24) is 19.9 Å². The van der Waals surface area contributed by atoms with Crippen LogP contribution in [-0.2, 0) is 0 Å². The first-order valence-corrected chi connectivity index (χ1v) is 8.47. The minimum atomic E-state index is 0.253. The van der Waals surface area contributed by atoms with Crippen LogP contribution >= 0.6 is 11.6 Å². The van der Waals surface area contributed by atoms with Crippen LogP contribution in [0.25, 0.3) is 11.4 Å². The number of nitrogens with one attached hydrogen (secondary N) is 2. The van der Waals surface area contributed by atoms with Gasteiger partial charge in [-0.15, -0.1) is 0 Å². The second-order valence-corrected chi connectivity index (χ2v) is 6.07. The molecule has 0 amide bonds. The molecule has 128 valence electrons. The van der Waals surface area contributed by atoms with Gasteiger partial charge in [0.05, 0.1) is 0 Å². The summed E-state index contributed by atoms with van der Waals surface area (Å²) in [7, 11) is 0. The predicted octanol–water partition coefficient (Wildman–Crippen LogP) is 4.54. The predicted molar refractivity (Wildman–Crippen MR) is 101 cm³/mol. The summed E-state index contributed by atoms with van der Waals surface area (Å²) in [5.41, 5.74) is 1.69. The second-order valence-electron chi connectivity index (χ2n) is 5.63. The number of halogens is 1. The highest BCUT2D eigenvalue weighted by molar-refractivity contribution is 6.30. The van der Waals surface area contributed by atoms with E-state index in [1.165, 1.54) is 0 Å².